The van der Waals surface area contributed by atoms with Gasteiger partial charge in [0.1, 0.15) is 0 Å². The van der Waals surface area contributed by atoms with E-state index in [1.165, 1.54) is 29.6 Å². The molecule has 0 saturated carbocycles. The van der Waals surface area contributed by atoms with Crippen LogP contribution in [0, 0.1) is 0 Å². The second-order valence-electron chi connectivity index (χ2n) is 7.19. The maximum atomic E-state index is 6.48. The monoisotopic (exact) mass is 375 g/mol. The molecular weight excluding hydrogens is 349 g/mol. The van der Waals surface area contributed by atoms with Crippen molar-refractivity contribution < 1.29 is 4.52 Å². The van der Waals surface area contributed by atoms with Crippen molar-refractivity contribution in [3.8, 4) is 0 Å². The van der Waals surface area contributed by atoms with Gasteiger partial charge >= 0.3 is 0 Å². The Labute approximate surface area is 155 Å². The molecule has 4 rings (SSSR count). The highest BCUT2D eigenvalue weighted by molar-refractivity contribution is 8.15. The molecule has 134 valence electrons. The predicted molar refractivity (Wildman–Crippen MR) is 109 cm³/mol. The third-order valence-corrected chi connectivity index (χ3v) is 8.83. The second kappa shape index (κ2) is 6.86. The third kappa shape index (κ3) is 3.07. The number of hydrazone groups is 1. The summed E-state index contributed by atoms with van der Waals surface area (Å²) in [6, 6.07) is 10.3. The van der Waals surface area contributed by atoms with Crippen LogP contribution in [-0.4, -0.2) is 29.8 Å². The van der Waals surface area contributed by atoms with Crippen molar-refractivity contribution in [3.05, 3.63) is 41.3 Å². The van der Waals surface area contributed by atoms with E-state index in [4.69, 9.17) is 21.4 Å². The van der Waals surface area contributed by atoms with E-state index >= 15 is 0 Å². The molecule has 1 aromatic carbocycles. The minimum absolute atomic E-state index is 0.0841. The van der Waals surface area contributed by atoms with E-state index < -0.39 is 6.42 Å². The van der Waals surface area contributed by atoms with Gasteiger partial charge in [-0.2, -0.15) is 5.10 Å². The van der Waals surface area contributed by atoms with Gasteiger partial charge in [0.15, 0.2) is 0 Å². The molecule has 6 heteroatoms. The maximum Gasteiger partial charge on any atom is 0.210 e. The number of nitrogens with zero attached hydrogens (tertiary/aromatic N) is 3. The zero-order chi connectivity index (χ0) is 17.4. The average molecular weight is 375 g/mol. The fourth-order valence-electron chi connectivity index (χ4n) is 3.97. The molecule has 2 aliphatic heterocycles. The van der Waals surface area contributed by atoms with Crippen molar-refractivity contribution in [1.82, 2.24) is 4.90 Å². The van der Waals surface area contributed by atoms with Gasteiger partial charge in [-0.15, -0.1) is 0 Å². The summed E-state index contributed by atoms with van der Waals surface area (Å²) in [7, 11) is 0. The van der Waals surface area contributed by atoms with Crippen molar-refractivity contribution in [2.75, 3.05) is 17.9 Å². The van der Waals surface area contributed by atoms with Gasteiger partial charge in [-0.25, -0.2) is 4.78 Å². The zero-order valence-corrected chi connectivity index (χ0v) is 16.7. The van der Waals surface area contributed by atoms with E-state index in [1.54, 1.807) is 0 Å². The van der Waals surface area contributed by atoms with E-state index in [0.717, 1.165) is 38.0 Å². The number of hydrogen-bond acceptors (Lipinski definition) is 4. The second-order valence-corrected chi connectivity index (χ2v) is 10.8. The van der Waals surface area contributed by atoms with Crippen molar-refractivity contribution in [2.45, 2.75) is 52.1 Å². The van der Waals surface area contributed by atoms with Crippen LogP contribution < -0.4 is 4.78 Å². The van der Waals surface area contributed by atoms with Crippen LogP contribution in [-0.2, 0) is 16.3 Å². The first kappa shape index (κ1) is 17.3. The Morgan fingerprint density at radius 3 is 2.48 bits per heavy atom. The number of benzene rings is 1. The average Bonchev–Trinajstić information content (AvgIpc) is 3.22. The molecule has 0 spiro atoms. The summed E-state index contributed by atoms with van der Waals surface area (Å²) in [5.74, 6) is 0. The van der Waals surface area contributed by atoms with Crippen LogP contribution in [0.25, 0.3) is 0 Å². The van der Waals surface area contributed by atoms with Crippen LogP contribution >= 0.6 is 6.42 Å². The van der Waals surface area contributed by atoms with Gasteiger partial charge < -0.3 is 9.42 Å². The molecule has 0 bridgehead atoms. The first-order chi connectivity index (χ1) is 12.1. The molecule has 0 N–H and O–H groups in total. The van der Waals surface area contributed by atoms with Crippen LogP contribution in [0.4, 0.5) is 5.69 Å². The molecule has 1 saturated heterocycles. The number of rotatable bonds is 4. The molecule has 2 heterocycles. The fourth-order valence-corrected chi connectivity index (χ4v) is 8.19. The molecule has 0 aromatic heterocycles. The lowest BCUT2D eigenvalue weighted by atomic mass is 10.0. The largest absolute Gasteiger partial charge is 0.374 e. The van der Waals surface area contributed by atoms with Gasteiger partial charge in [-0.1, -0.05) is 18.2 Å². The SMILES string of the molecule is CC(C)OP1(=S)C2=C(N3CCCC3)CCCC2=NN1c1ccccc1. The number of hydrogen-bond donors (Lipinski definition) is 0. The Kier molecular flexibility index (Phi) is 4.74. The van der Waals surface area contributed by atoms with Crippen molar-refractivity contribution in [1.29, 1.82) is 0 Å². The smallest absolute Gasteiger partial charge is 0.210 e. The molecular formula is C19H26N3OPS. The van der Waals surface area contributed by atoms with Gasteiger partial charge in [0.2, 0.25) is 6.42 Å². The van der Waals surface area contributed by atoms with E-state index in [2.05, 4.69) is 30.9 Å². The minimum atomic E-state index is -2.40. The topological polar surface area (TPSA) is 28.1 Å². The van der Waals surface area contributed by atoms with Gasteiger partial charge in [-0.3, -0.25) is 0 Å². The summed E-state index contributed by atoms with van der Waals surface area (Å²) in [5, 5.41) is 6.25. The summed E-state index contributed by atoms with van der Waals surface area (Å²) in [6.07, 6.45) is 3.52. The highest BCUT2D eigenvalue weighted by Crippen LogP contribution is 2.67. The molecule has 1 unspecified atom stereocenters. The number of likely N-dealkylation sites (tertiary alicyclic amines) is 1. The highest BCUT2D eigenvalue weighted by Gasteiger charge is 2.45. The van der Waals surface area contributed by atoms with Crippen LogP contribution in [0.5, 0.6) is 0 Å². The molecule has 3 aliphatic rings. The Bertz CT molecular complexity index is 753. The van der Waals surface area contributed by atoms with Crippen LogP contribution in [0.2, 0.25) is 0 Å². The molecule has 0 radical (unpaired) electrons. The first-order valence-corrected chi connectivity index (χ1v) is 12.0. The van der Waals surface area contributed by atoms with Crippen LogP contribution in [0.3, 0.4) is 0 Å². The maximum absolute atomic E-state index is 6.48. The van der Waals surface area contributed by atoms with E-state index in [1.807, 2.05) is 23.0 Å². The molecule has 1 aromatic rings. The Balaban J connectivity index is 1.85. The molecule has 1 atom stereocenters. The summed E-state index contributed by atoms with van der Waals surface area (Å²) in [5.41, 5.74) is 3.63. The number of allylic oxidation sites excluding steroid dienone is 2. The summed E-state index contributed by atoms with van der Waals surface area (Å²) in [6.45, 7) is 6.45. The Morgan fingerprint density at radius 2 is 1.80 bits per heavy atom. The van der Waals surface area contributed by atoms with Gasteiger partial charge in [-0.05, 0) is 69.9 Å². The van der Waals surface area contributed by atoms with E-state index in [-0.39, 0.29) is 6.10 Å². The highest BCUT2D eigenvalue weighted by atomic mass is 32.4. The fraction of sp³-hybridized carbons (Fsp3) is 0.526. The number of para-hydroxylation sites is 1. The minimum Gasteiger partial charge on any atom is -0.374 e. The van der Waals surface area contributed by atoms with Gasteiger partial charge in [0.05, 0.1) is 22.8 Å². The van der Waals surface area contributed by atoms with Gasteiger partial charge in [0.25, 0.3) is 0 Å². The lowest BCUT2D eigenvalue weighted by molar-refractivity contribution is 0.270. The first-order valence-electron chi connectivity index (χ1n) is 9.30. The predicted octanol–water partition coefficient (Wildman–Crippen LogP) is 5.09. The number of anilines is 1. The van der Waals surface area contributed by atoms with E-state index in [0.29, 0.717) is 0 Å². The summed E-state index contributed by atoms with van der Waals surface area (Å²) >= 11 is 6.27. The van der Waals surface area contributed by atoms with Crippen LogP contribution in [0.15, 0.2) is 46.4 Å². The van der Waals surface area contributed by atoms with Gasteiger partial charge in [0, 0.05) is 18.8 Å². The quantitative estimate of drug-likeness (QED) is 0.686. The molecule has 1 aliphatic carbocycles. The van der Waals surface area contributed by atoms with Crippen LogP contribution in [0.1, 0.15) is 46.0 Å². The normalized spacial score (nSPS) is 26.4. The molecule has 1 fully saturated rings. The van der Waals surface area contributed by atoms with Crippen molar-refractivity contribution >= 4 is 29.6 Å². The molecule has 25 heavy (non-hydrogen) atoms. The summed E-state index contributed by atoms with van der Waals surface area (Å²) in [4.78, 5) is 2.54. The molecule has 4 nitrogen and oxygen atoms in total. The zero-order valence-electron chi connectivity index (χ0n) is 15.0. The third-order valence-electron chi connectivity index (χ3n) is 4.95. The van der Waals surface area contributed by atoms with Crippen molar-refractivity contribution in [3.63, 3.8) is 0 Å². The molecule has 0 amide bonds. The van der Waals surface area contributed by atoms with Crippen molar-refractivity contribution in [2.24, 2.45) is 5.10 Å². The van der Waals surface area contributed by atoms with E-state index in [9.17, 15) is 0 Å². The Morgan fingerprint density at radius 1 is 1.08 bits per heavy atom. The lowest BCUT2D eigenvalue weighted by Gasteiger charge is -2.34. The summed E-state index contributed by atoms with van der Waals surface area (Å²) < 4.78 is 8.51. The standard InChI is InChI=1S/C19H26N3OPS/c1-15(2)23-24(25)19-17(20-22(24)16-9-4-3-5-10-16)11-8-12-18(19)21-13-6-7-14-21/h3-5,9-10,15H,6-8,11-14H2,1-2H3. The number of fused-ring (bicyclic) bond motifs is 1. The lowest BCUT2D eigenvalue weighted by Crippen LogP contribution is -2.25. The Hall–Kier alpha value is -1.16.